The van der Waals surface area contributed by atoms with Crippen LogP contribution in [0.2, 0.25) is 0 Å². The molecule has 4 rings (SSSR count). The zero-order valence-corrected chi connectivity index (χ0v) is 12.0. The Hall–Kier alpha value is -3.00. The van der Waals surface area contributed by atoms with Crippen molar-refractivity contribution < 1.29 is 9.47 Å². The molecule has 0 N–H and O–H groups in total. The van der Waals surface area contributed by atoms with E-state index in [1.54, 1.807) is 0 Å². The summed E-state index contributed by atoms with van der Waals surface area (Å²) < 4.78 is 12.8. The van der Waals surface area contributed by atoms with Crippen molar-refractivity contribution >= 4 is 5.65 Å². The third kappa shape index (κ3) is 1.81. The lowest BCUT2D eigenvalue weighted by molar-refractivity contribution is 0.174. The minimum atomic E-state index is 0.244. The summed E-state index contributed by atoms with van der Waals surface area (Å²) >= 11 is 0. The van der Waals surface area contributed by atoms with Gasteiger partial charge in [0.1, 0.15) is 5.65 Å². The lowest BCUT2D eigenvalue weighted by atomic mass is 10.1. The fourth-order valence-electron chi connectivity index (χ4n) is 2.84. The number of pyridine rings is 1. The number of aryl methyl sites for hydroxylation is 1. The molecule has 1 aliphatic heterocycles. The van der Waals surface area contributed by atoms with Crippen molar-refractivity contribution in [1.29, 1.82) is 5.26 Å². The standard InChI is InChI=1S/C17H13N3O2/c1-11-3-2-4-16-19-17(13(7-8-18)20(11)16)12-5-6-14-15(9-12)22-10-21-14/h2-6,9H,7,10H2,1H3. The number of imidazole rings is 1. The van der Waals surface area contributed by atoms with E-state index >= 15 is 0 Å². The number of fused-ring (bicyclic) bond motifs is 2. The number of rotatable bonds is 2. The first kappa shape index (κ1) is 12.7. The van der Waals surface area contributed by atoms with Gasteiger partial charge in [-0.2, -0.15) is 5.26 Å². The Kier molecular flexibility index (Phi) is 2.76. The van der Waals surface area contributed by atoms with Gasteiger partial charge >= 0.3 is 0 Å². The minimum absolute atomic E-state index is 0.244. The fourth-order valence-corrected chi connectivity index (χ4v) is 2.84. The Morgan fingerprint density at radius 1 is 1.23 bits per heavy atom. The van der Waals surface area contributed by atoms with Gasteiger partial charge in [0.2, 0.25) is 6.79 Å². The Bertz CT molecular complexity index is 922. The molecular weight excluding hydrogens is 278 g/mol. The maximum atomic E-state index is 9.18. The first-order chi connectivity index (χ1) is 10.8. The molecule has 5 heteroatoms. The van der Waals surface area contributed by atoms with Gasteiger partial charge in [-0.05, 0) is 37.3 Å². The monoisotopic (exact) mass is 291 g/mol. The second-order valence-electron chi connectivity index (χ2n) is 5.17. The van der Waals surface area contributed by atoms with Crippen LogP contribution in [0, 0.1) is 18.3 Å². The second kappa shape index (κ2) is 4.78. The summed E-state index contributed by atoms with van der Waals surface area (Å²) in [5.74, 6) is 1.46. The highest BCUT2D eigenvalue weighted by atomic mass is 16.7. The van der Waals surface area contributed by atoms with E-state index in [9.17, 15) is 5.26 Å². The smallest absolute Gasteiger partial charge is 0.231 e. The molecular formula is C17H13N3O2. The van der Waals surface area contributed by atoms with E-state index < -0.39 is 0 Å². The summed E-state index contributed by atoms with van der Waals surface area (Å²) in [6.45, 7) is 2.26. The van der Waals surface area contributed by atoms with E-state index in [4.69, 9.17) is 14.5 Å². The second-order valence-corrected chi connectivity index (χ2v) is 5.17. The maximum Gasteiger partial charge on any atom is 0.231 e. The van der Waals surface area contributed by atoms with Gasteiger partial charge in [-0.25, -0.2) is 4.98 Å². The van der Waals surface area contributed by atoms with E-state index in [1.807, 2.05) is 47.7 Å². The Morgan fingerprint density at radius 2 is 2.09 bits per heavy atom. The largest absolute Gasteiger partial charge is 0.454 e. The van der Waals surface area contributed by atoms with Crippen LogP contribution in [0.3, 0.4) is 0 Å². The molecule has 0 atom stereocenters. The molecule has 22 heavy (non-hydrogen) atoms. The van der Waals surface area contributed by atoms with E-state index in [0.29, 0.717) is 12.2 Å². The van der Waals surface area contributed by atoms with Gasteiger partial charge in [0.25, 0.3) is 0 Å². The molecule has 3 heterocycles. The number of aromatic nitrogens is 2. The predicted molar refractivity (Wildman–Crippen MR) is 80.8 cm³/mol. The summed E-state index contributed by atoms with van der Waals surface area (Å²) in [6, 6.07) is 13.9. The molecule has 0 radical (unpaired) electrons. The number of nitrogens with zero attached hydrogens (tertiary/aromatic N) is 3. The lowest BCUT2D eigenvalue weighted by Crippen LogP contribution is -1.97. The SMILES string of the molecule is Cc1cccc2nc(-c3ccc4c(c3)OCO4)c(CC#N)n12. The summed E-state index contributed by atoms with van der Waals surface area (Å²) in [5.41, 5.74) is 4.54. The number of ether oxygens (including phenoxy) is 2. The molecule has 5 nitrogen and oxygen atoms in total. The molecule has 2 aromatic heterocycles. The summed E-state index contributed by atoms with van der Waals surface area (Å²) in [6.07, 6.45) is 0.301. The molecule has 0 spiro atoms. The highest BCUT2D eigenvalue weighted by molar-refractivity contribution is 5.70. The van der Waals surface area contributed by atoms with E-state index in [1.165, 1.54) is 0 Å². The molecule has 1 aliphatic rings. The van der Waals surface area contributed by atoms with Crippen LogP contribution in [0.15, 0.2) is 36.4 Å². The molecule has 0 saturated heterocycles. The molecule has 0 amide bonds. The van der Waals surface area contributed by atoms with E-state index in [-0.39, 0.29) is 6.79 Å². The van der Waals surface area contributed by atoms with Gasteiger partial charge in [-0.1, -0.05) is 6.07 Å². The molecule has 0 fully saturated rings. The lowest BCUT2D eigenvalue weighted by Gasteiger charge is -2.05. The number of nitriles is 1. The topological polar surface area (TPSA) is 59.5 Å². The van der Waals surface area contributed by atoms with Crippen LogP contribution in [0.25, 0.3) is 16.9 Å². The van der Waals surface area contributed by atoms with Crippen molar-refractivity contribution in [3.63, 3.8) is 0 Å². The quantitative estimate of drug-likeness (QED) is 0.728. The predicted octanol–water partition coefficient (Wildman–Crippen LogP) is 3.10. The summed E-state index contributed by atoms with van der Waals surface area (Å²) in [7, 11) is 0. The van der Waals surface area contributed by atoms with Crippen molar-refractivity contribution in [3.8, 4) is 28.8 Å². The van der Waals surface area contributed by atoms with Gasteiger partial charge in [-0.15, -0.1) is 0 Å². The molecule has 0 unspecified atom stereocenters. The molecule has 3 aromatic rings. The number of benzene rings is 1. The van der Waals surface area contributed by atoms with Crippen LogP contribution in [0.4, 0.5) is 0 Å². The van der Waals surface area contributed by atoms with Crippen LogP contribution >= 0.6 is 0 Å². The van der Waals surface area contributed by atoms with Crippen LogP contribution in [-0.2, 0) is 6.42 Å². The van der Waals surface area contributed by atoms with Crippen molar-refractivity contribution in [2.75, 3.05) is 6.79 Å². The molecule has 0 saturated carbocycles. The van der Waals surface area contributed by atoms with Gasteiger partial charge in [0.15, 0.2) is 11.5 Å². The minimum Gasteiger partial charge on any atom is -0.454 e. The molecule has 0 bridgehead atoms. The van der Waals surface area contributed by atoms with Crippen molar-refractivity contribution in [1.82, 2.24) is 9.38 Å². The van der Waals surface area contributed by atoms with Gasteiger partial charge in [0, 0.05) is 11.3 Å². The zero-order valence-electron chi connectivity index (χ0n) is 12.0. The first-order valence-corrected chi connectivity index (χ1v) is 7.02. The summed E-state index contributed by atoms with van der Waals surface area (Å²) in [5, 5.41) is 9.18. The van der Waals surface area contributed by atoms with Gasteiger partial charge in [0.05, 0.1) is 23.9 Å². The van der Waals surface area contributed by atoms with Crippen LogP contribution in [0.5, 0.6) is 11.5 Å². The molecule has 108 valence electrons. The van der Waals surface area contributed by atoms with Crippen LogP contribution in [0.1, 0.15) is 11.4 Å². The third-order valence-corrected chi connectivity index (χ3v) is 3.83. The first-order valence-electron chi connectivity index (χ1n) is 7.02. The van der Waals surface area contributed by atoms with Crippen molar-refractivity contribution in [2.45, 2.75) is 13.3 Å². The number of hydrogen-bond acceptors (Lipinski definition) is 4. The molecule has 1 aromatic carbocycles. The Morgan fingerprint density at radius 3 is 2.95 bits per heavy atom. The normalized spacial score (nSPS) is 12.5. The van der Waals surface area contributed by atoms with Crippen LogP contribution in [-0.4, -0.2) is 16.2 Å². The van der Waals surface area contributed by atoms with E-state index in [2.05, 4.69) is 6.07 Å². The Labute approximate surface area is 127 Å². The average molecular weight is 291 g/mol. The average Bonchev–Trinajstić information content (AvgIpc) is 3.12. The third-order valence-electron chi connectivity index (χ3n) is 3.83. The highest BCUT2D eigenvalue weighted by Gasteiger charge is 2.19. The number of hydrogen-bond donors (Lipinski definition) is 0. The van der Waals surface area contributed by atoms with Crippen molar-refractivity contribution in [2.24, 2.45) is 0 Å². The molecule has 0 aliphatic carbocycles. The maximum absolute atomic E-state index is 9.18. The summed E-state index contributed by atoms with van der Waals surface area (Å²) in [4.78, 5) is 4.70. The van der Waals surface area contributed by atoms with E-state index in [0.717, 1.165) is 34.0 Å². The Balaban J connectivity index is 1.96. The van der Waals surface area contributed by atoms with Gasteiger partial charge < -0.3 is 9.47 Å². The van der Waals surface area contributed by atoms with Crippen molar-refractivity contribution in [3.05, 3.63) is 47.8 Å². The van der Waals surface area contributed by atoms with Crippen LogP contribution < -0.4 is 9.47 Å². The van der Waals surface area contributed by atoms with Gasteiger partial charge in [-0.3, -0.25) is 4.40 Å². The zero-order chi connectivity index (χ0) is 15.1. The fraction of sp³-hybridized carbons (Fsp3) is 0.176. The highest BCUT2D eigenvalue weighted by Crippen LogP contribution is 2.37.